The van der Waals surface area contributed by atoms with Crippen LogP contribution in [-0.4, -0.2) is 15.0 Å². The van der Waals surface area contributed by atoms with Gasteiger partial charge in [0, 0.05) is 24.2 Å². The minimum atomic E-state index is -3.60. The Morgan fingerprint density at radius 3 is 2.76 bits per heavy atom. The molecule has 1 aromatic heterocycles. The Labute approximate surface area is 124 Å². The minimum Gasteiger partial charge on any atom is -0.494 e. The van der Waals surface area contributed by atoms with E-state index in [4.69, 9.17) is 14.9 Å². The highest BCUT2D eigenvalue weighted by Gasteiger charge is 2.16. The van der Waals surface area contributed by atoms with E-state index in [-0.39, 0.29) is 18.0 Å². The summed E-state index contributed by atoms with van der Waals surface area (Å²) in [6, 6.07) is 6.36. The zero-order valence-electron chi connectivity index (χ0n) is 11.7. The molecule has 7 heteroatoms. The van der Waals surface area contributed by atoms with E-state index in [1.807, 2.05) is 6.92 Å². The summed E-state index contributed by atoms with van der Waals surface area (Å²) >= 11 is 0. The molecule has 2 rings (SSSR count). The molecule has 0 saturated heterocycles. The Hall–Kier alpha value is -1.83. The molecule has 0 fully saturated rings. The number of sulfonamides is 1. The van der Waals surface area contributed by atoms with Crippen LogP contribution < -0.4 is 15.2 Å². The summed E-state index contributed by atoms with van der Waals surface area (Å²) in [6.45, 7) is 2.74. The van der Waals surface area contributed by atoms with Gasteiger partial charge in [0.1, 0.15) is 5.75 Å². The second-order valence-electron chi connectivity index (χ2n) is 4.36. The molecule has 0 saturated carbocycles. The van der Waals surface area contributed by atoms with Gasteiger partial charge in [-0.2, -0.15) is 0 Å². The van der Waals surface area contributed by atoms with Gasteiger partial charge >= 0.3 is 0 Å². The molecule has 0 amide bonds. The maximum Gasteiger partial charge on any atom is 0.240 e. The predicted octanol–water partition coefficient (Wildman–Crippen LogP) is 1.62. The first-order valence-electron chi connectivity index (χ1n) is 6.53. The Bertz CT molecular complexity index is 681. The van der Waals surface area contributed by atoms with Crippen molar-refractivity contribution in [3.8, 4) is 5.75 Å². The molecule has 1 heterocycles. The highest BCUT2D eigenvalue weighted by Crippen LogP contribution is 2.22. The molecule has 2 aromatic rings. The highest BCUT2D eigenvalue weighted by atomic mass is 32.2. The van der Waals surface area contributed by atoms with E-state index in [2.05, 4.69) is 4.72 Å². The summed E-state index contributed by atoms with van der Waals surface area (Å²) < 4.78 is 37.3. The standard InChI is InChI=1S/C14H18N2O4S/c1-2-20-14-4-3-13(7-12(14)8-15)21(17,18)16-9-11-5-6-19-10-11/h3-7,10,16H,2,8-9,15H2,1H3. The molecule has 0 aliphatic carbocycles. The summed E-state index contributed by atoms with van der Waals surface area (Å²) in [7, 11) is -3.60. The van der Waals surface area contributed by atoms with Crippen LogP contribution in [0.4, 0.5) is 0 Å². The normalized spacial score (nSPS) is 11.5. The quantitative estimate of drug-likeness (QED) is 0.810. The van der Waals surface area contributed by atoms with Gasteiger partial charge in [0.15, 0.2) is 0 Å². The molecule has 0 spiro atoms. The van der Waals surface area contributed by atoms with Crippen molar-refractivity contribution >= 4 is 10.0 Å². The van der Waals surface area contributed by atoms with Crippen molar-refractivity contribution in [3.05, 3.63) is 47.9 Å². The number of hydrogen-bond acceptors (Lipinski definition) is 5. The molecular weight excluding hydrogens is 292 g/mol. The van der Waals surface area contributed by atoms with Crippen LogP contribution in [0.25, 0.3) is 0 Å². The molecule has 0 aliphatic heterocycles. The van der Waals surface area contributed by atoms with Crippen LogP contribution in [0, 0.1) is 0 Å². The van der Waals surface area contributed by atoms with Crippen molar-refractivity contribution in [2.45, 2.75) is 24.9 Å². The fourth-order valence-corrected chi connectivity index (χ4v) is 2.90. The van der Waals surface area contributed by atoms with Crippen LogP contribution in [-0.2, 0) is 23.1 Å². The van der Waals surface area contributed by atoms with Gasteiger partial charge in [0.2, 0.25) is 10.0 Å². The number of rotatable bonds is 7. The molecule has 3 N–H and O–H groups in total. The van der Waals surface area contributed by atoms with Crippen molar-refractivity contribution in [3.63, 3.8) is 0 Å². The first-order valence-corrected chi connectivity index (χ1v) is 8.01. The van der Waals surface area contributed by atoms with Gasteiger partial charge in [0.05, 0.1) is 24.0 Å². The van der Waals surface area contributed by atoms with Crippen molar-refractivity contribution < 1.29 is 17.6 Å². The van der Waals surface area contributed by atoms with E-state index < -0.39 is 10.0 Å². The summed E-state index contributed by atoms with van der Waals surface area (Å²) in [5, 5.41) is 0. The third-order valence-electron chi connectivity index (χ3n) is 2.91. The number of ether oxygens (including phenoxy) is 1. The maximum absolute atomic E-state index is 12.2. The van der Waals surface area contributed by atoms with Gasteiger partial charge in [-0.3, -0.25) is 0 Å². The third-order valence-corrected chi connectivity index (χ3v) is 4.31. The van der Waals surface area contributed by atoms with Crippen LogP contribution in [0.3, 0.4) is 0 Å². The smallest absolute Gasteiger partial charge is 0.240 e. The van der Waals surface area contributed by atoms with Crippen LogP contribution in [0.15, 0.2) is 46.1 Å². The highest BCUT2D eigenvalue weighted by molar-refractivity contribution is 7.89. The number of nitrogens with two attached hydrogens (primary N) is 1. The average molecular weight is 310 g/mol. The van der Waals surface area contributed by atoms with Crippen molar-refractivity contribution in [1.82, 2.24) is 4.72 Å². The summed E-state index contributed by atoms with van der Waals surface area (Å²) in [4.78, 5) is 0.162. The predicted molar refractivity (Wildman–Crippen MR) is 78.2 cm³/mol. The molecule has 0 atom stereocenters. The van der Waals surface area contributed by atoms with E-state index >= 15 is 0 Å². The van der Waals surface area contributed by atoms with Gasteiger partial charge in [-0.25, -0.2) is 13.1 Å². The summed E-state index contributed by atoms with van der Waals surface area (Å²) in [5.74, 6) is 0.605. The van der Waals surface area contributed by atoms with Gasteiger partial charge in [0.25, 0.3) is 0 Å². The average Bonchev–Trinajstić information content (AvgIpc) is 2.99. The SMILES string of the molecule is CCOc1ccc(S(=O)(=O)NCc2ccoc2)cc1CN. The number of hydrogen-bond donors (Lipinski definition) is 2. The number of furan rings is 1. The number of benzene rings is 1. The van der Waals surface area contributed by atoms with E-state index in [0.29, 0.717) is 17.9 Å². The largest absolute Gasteiger partial charge is 0.494 e. The van der Waals surface area contributed by atoms with E-state index in [9.17, 15) is 8.42 Å². The molecule has 21 heavy (non-hydrogen) atoms. The van der Waals surface area contributed by atoms with E-state index in [1.54, 1.807) is 12.1 Å². The van der Waals surface area contributed by atoms with E-state index in [0.717, 1.165) is 5.56 Å². The third kappa shape index (κ3) is 3.84. The van der Waals surface area contributed by atoms with Gasteiger partial charge < -0.3 is 14.9 Å². The lowest BCUT2D eigenvalue weighted by Gasteiger charge is -2.11. The summed E-state index contributed by atoms with van der Waals surface area (Å²) in [6.07, 6.45) is 2.99. The topological polar surface area (TPSA) is 94.6 Å². The van der Waals surface area contributed by atoms with Crippen LogP contribution in [0.1, 0.15) is 18.1 Å². The molecule has 1 aromatic carbocycles. The van der Waals surface area contributed by atoms with Crippen LogP contribution >= 0.6 is 0 Å². The van der Waals surface area contributed by atoms with Gasteiger partial charge in [-0.05, 0) is 31.2 Å². The zero-order chi connectivity index (χ0) is 15.3. The first-order chi connectivity index (χ1) is 10.1. The van der Waals surface area contributed by atoms with Crippen LogP contribution in [0.2, 0.25) is 0 Å². The Morgan fingerprint density at radius 1 is 1.33 bits per heavy atom. The van der Waals surface area contributed by atoms with Gasteiger partial charge in [-0.1, -0.05) is 0 Å². The molecule has 0 radical (unpaired) electrons. The van der Waals surface area contributed by atoms with Crippen molar-refractivity contribution in [1.29, 1.82) is 0 Å². The fraction of sp³-hybridized carbons (Fsp3) is 0.286. The van der Waals surface area contributed by atoms with E-state index in [1.165, 1.54) is 24.7 Å². The molecule has 0 aliphatic rings. The minimum absolute atomic E-state index is 0.162. The Morgan fingerprint density at radius 2 is 2.14 bits per heavy atom. The molecular formula is C14H18N2O4S. The molecule has 0 unspecified atom stereocenters. The Kier molecular flexibility index (Phi) is 5.00. The van der Waals surface area contributed by atoms with Crippen molar-refractivity contribution in [2.75, 3.05) is 6.61 Å². The number of nitrogens with one attached hydrogen (secondary N) is 1. The lowest BCUT2D eigenvalue weighted by molar-refractivity contribution is 0.336. The van der Waals surface area contributed by atoms with Crippen LogP contribution in [0.5, 0.6) is 5.75 Å². The lowest BCUT2D eigenvalue weighted by atomic mass is 10.2. The molecule has 0 bridgehead atoms. The fourth-order valence-electron chi connectivity index (χ4n) is 1.83. The monoisotopic (exact) mass is 310 g/mol. The molecule has 114 valence electrons. The van der Waals surface area contributed by atoms with Gasteiger partial charge in [-0.15, -0.1) is 0 Å². The first kappa shape index (κ1) is 15.6. The Balaban J connectivity index is 2.19. The molecule has 6 nitrogen and oxygen atoms in total. The zero-order valence-corrected chi connectivity index (χ0v) is 12.5. The second kappa shape index (κ2) is 6.75. The second-order valence-corrected chi connectivity index (χ2v) is 6.13. The summed E-state index contributed by atoms with van der Waals surface area (Å²) in [5.41, 5.74) is 7.05. The van der Waals surface area contributed by atoms with Crippen molar-refractivity contribution in [2.24, 2.45) is 5.73 Å². The maximum atomic E-state index is 12.2. The lowest BCUT2D eigenvalue weighted by Crippen LogP contribution is -2.23.